The maximum Gasteiger partial charge on any atom is 0.335 e. The number of benzene rings is 1. The fraction of sp³-hybridized carbons (Fsp3) is 0.143. The van der Waals surface area contributed by atoms with E-state index in [9.17, 15) is 9.59 Å². The molecule has 0 fully saturated rings. The molecule has 0 saturated heterocycles. The summed E-state index contributed by atoms with van der Waals surface area (Å²) in [5, 5.41) is 13.0. The molecule has 102 valence electrons. The topological polar surface area (TPSA) is 75.1 Å². The number of carboxylic acid groups (broad SMARTS) is 1. The summed E-state index contributed by atoms with van der Waals surface area (Å²) in [6.07, 6.45) is 0. The molecule has 1 unspecified atom stereocenters. The number of nitrogens with zero attached hydrogens (tertiary/aromatic N) is 1. The van der Waals surface area contributed by atoms with Gasteiger partial charge in [0.05, 0.1) is 22.6 Å². The Kier molecular flexibility index (Phi) is 2.94. The first-order valence-corrected chi connectivity index (χ1v) is 7.02. The molecule has 1 atom stereocenters. The number of thiophene rings is 1. The van der Waals surface area contributed by atoms with Crippen LogP contribution in [0, 0.1) is 0 Å². The minimum atomic E-state index is -1.01. The molecule has 20 heavy (non-hydrogen) atoms. The van der Waals surface area contributed by atoms with Crippen LogP contribution in [-0.2, 0) is 0 Å². The van der Waals surface area contributed by atoms with E-state index in [0.717, 1.165) is 5.56 Å². The molecule has 0 saturated carbocycles. The zero-order chi connectivity index (χ0) is 14.3. The van der Waals surface area contributed by atoms with Gasteiger partial charge in [-0.1, -0.05) is 0 Å². The van der Waals surface area contributed by atoms with Crippen molar-refractivity contribution in [1.29, 1.82) is 0 Å². The molecule has 0 aliphatic heterocycles. The molecule has 1 aromatic carbocycles. The number of fused-ring (bicyclic) bond motifs is 1. The molecule has 6 heteroatoms. The average Bonchev–Trinajstić information content (AvgIpc) is 3.03. The van der Waals surface area contributed by atoms with Gasteiger partial charge in [-0.05, 0) is 47.5 Å². The van der Waals surface area contributed by atoms with Gasteiger partial charge in [-0.2, -0.15) is 11.3 Å². The van der Waals surface area contributed by atoms with E-state index in [0.29, 0.717) is 11.0 Å². The number of hydrogen-bond acceptors (Lipinski definition) is 3. The number of rotatable bonds is 3. The van der Waals surface area contributed by atoms with Crippen LogP contribution in [0.25, 0.3) is 11.0 Å². The Bertz CT molecular complexity index is 830. The number of aromatic carboxylic acids is 1. The lowest BCUT2D eigenvalue weighted by atomic mass is 10.1. The van der Waals surface area contributed by atoms with E-state index in [1.54, 1.807) is 22.0 Å². The average molecular weight is 288 g/mol. The number of carboxylic acids is 1. The number of H-pyrrole nitrogens is 1. The molecular formula is C14H12N2O3S. The summed E-state index contributed by atoms with van der Waals surface area (Å²) in [6, 6.07) is 6.54. The summed E-state index contributed by atoms with van der Waals surface area (Å²) in [4.78, 5) is 25.8. The lowest BCUT2D eigenvalue weighted by Gasteiger charge is -2.12. The van der Waals surface area contributed by atoms with Crippen LogP contribution in [0.3, 0.4) is 0 Å². The van der Waals surface area contributed by atoms with Gasteiger partial charge in [0.25, 0.3) is 0 Å². The predicted octanol–water partition coefficient (Wildman–Crippen LogP) is 2.70. The lowest BCUT2D eigenvalue weighted by Crippen LogP contribution is -2.20. The molecule has 0 aliphatic carbocycles. The molecule has 2 heterocycles. The molecule has 0 bridgehead atoms. The highest BCUT2D eigenvalue weighted by Gasteiger charge is 2.16. The van der Waals surface area contributed by atoms with Crippen molar-refractivity contribution in [3.8, 4) is 0 Å². The van der Waals surface area contributed by atoms with Gasteiger partial charge in [0, 0.05) is 0 Å². The number of carbonyl (C=O) groups is 1. The number of nitrogens with one attached hydrogen (secondary N) is 1. The van der Waals surface area contributed by atoms with Crippen LogP contribution < -0.4 is 5.69 Å². The molecule has 0 radical (unpaired) electrons. The van der Waals surface area contributed by atoms with Gasteiger partial charge in [0.1, 0.15) is 0 Å². The Labute approximate surface area is 118 Å². The number of aromatic amines is 1. The lowest BCUT2D eigenvalue weighted by molar-refractivity contribution is 0.0697. The van der Waals surface area contributed by atoms with E-state index in [1.165, 1.54) is 12.1 Å². The highest BCUT2D eigenvalue weighted by Crippen LogP contribution is 2.23. The first-order chi connectivity index (χ1) is 9.58. The first kappa shape index (κ1) is 12.7. The van der Waals surface area contributed by atoms with Gasteiger partial charge < -0.3 is 10.1 Å². The molecule has 2 N–H and O–H groups in total. The molecule has 0 spiro atoms. The summed E-state index contributed by atoms with van der Waals surface area (Å²) in [6.45, 7) is 1.95. The van der Waals surface area contributed by atoms with E-state index in [2.05, 4.69) is 4.98 Å². The summed E-state index contributed by atoms with van der Waals surface area (Å²) in [5.74, 6) is -1.01. The quantitative estimate of drug-likeness (QED) is 0.778. The molecule has 5 nitrogen and oxygen atoms in total. The summed E-state index contributed by atoms with van der Waals surface area (Å²) in [5.41, 5.74) is 2.23. The minimum Gasteiger partial charge on any atom is -0.478 e. The van der Waals surface area contributed by atoms with Crippen LogP contribution in [0.5, 0.6) is 0 Å². The molecule has 3 rings (SSSR count). The van der Waals surface area contributed by atoms with Crippen LogP contribution >= 0.6 is 11.3 Å². The first-order valence-electron chi connectivity index (χ1n) is 6.07. The van der Waals surface area contributed by atoms with Crippen molar-refractivity contribution in [2.75, 3.05) is 0 Å². The van der Waals surface area contributed by atoms with Crippen LogP contribution in [0.4, 0.5) is 0 Å². The fourth-order valence-electron chi connectivity index (χ4n) is 2.31. The van der Waals surface area contributed by atoms with Crippen molar-refractivity contribution >= 4 is 28.3 Å². The smallest absolute Gasteiger partial charge is 0.335 e. The predicted molar refractivity (Wildman–Crippen MR) is 77.7 cm³/mol. The fourth-order valence-corrected chi connectivity index (χ4v) is 3.06. The molecule has 2 aromatic heterocycles. The Morgan fingerprint density at radius 1 is 1.40 bits per heavy atom. The highest BCUT2D eigenvalue weighted by atomic mass is 32.1. The van der Waals surface area contributed by atoms with Gasteiger partial charge in [0.15, 0.2) is 0 Å². The van der Waals surface area contributed by atoms with E-state index in [-0.39, 0.29) is 17.3 Å². The third-order valence-corrected chi connectivity index (χ3v) is 4.08. The van der Waals surface area contributed by atoms with Crippen LogP contribution in [0.1, 0.15) is 28.9 Å². The van der Waals surface area contributed by atoms with E-state index >= 15 is 0 Å². The SMILES string of the molecule is CC(c1ccsc1)n1c(=O)[nH]c2cc(C(=O)O)ccc21. The van der Waals surface area contributed by atoms with Crippen LogP contribution in [-0.4, -0.2) is 20.6 Å². The highest BCUT2D eigenvalue weighted by molar-refractivity contribution is 7.07. The zero-order valence-electron chi connectivity index (χ0n) is 10.7. The third-order valence-electron chi connectivity index (χ3n) is 3.38. The van der Waals surface area contributed by atoms with Crippen molar-refractivity contribution in [2.24, 2.45) is 0 Å². The van der Waals surface area contributed by atoms with Gasteiger partial charge in [-0.3, -0.25) is 4.57 Å². The van der Waals surface area contributed by atoms with Crippen molar-refractivity contribution in [3.63, 3.8) is 0 Å². The van der Waals surface area contributed by atoms with Crippen molar-refractivity contribution < 1.29 is 9.90 Å². The summed E-state index contributed by atoms with van der Waals surface area (Å²) in [7, 11) is 0. The number of imidazole rings is 1. The third kappa shape index (κ3) is 1.94. The maximum absolute atomic E-state index is 12.1. The van der Waals surface area contributed by atoms with Crippen LogP contribution in [0.2, 0.25) is 0 Å². The second kappa shape index (κ2) is 4.64. The second-order valence-electron chi connectivity index (χ2n) is 4.57. The van der Waals surface area contributed by atoms with Gasteiger partial charge in [-0.15, -0.1) is 0 Å². The number of aromatic nitrogens is 2. The minimum absolute atomic E-state index is 0.0989. The van der Waals surface area contributed by atoms with E-state index in [1.807, 2.05) is 23.8 Å². The second-order valence-corrected chi connectivity index (χ2v) is 5.35. The monoisotopic (exact) mass is 288 g/mol. The Balaban J connectivity index is 2.19. The van der Waals surface area contributed by atoms with Gasteiger partial charge in [-0.25, -0.2) is 9.59 Å². The number of hydrogen-bond donors (Lipinski definition) is 2. The maximum atomic E-state index is 12.1. The normalized spacial score (nSPS) is 12.7. The van der Waals surface area contributed by atoms with E-state index < -0.39 is 5.97 Å². The Hall–Kier alpha value is -2.34. The molecule has 0 amide bonds. The van der Waals surface area contributed by atoms with E-state index in [4.69, 9.17) is 5.11 Å². The van der Waals surface area contributed by atoms with Crippen molar-refractivity contribution in [1.82, 2.24) is 9.55 Å². The molecule has 3 aromatic rings. The van der Waals surface area contributed by atoms with Gasteiger partial charge >= 0.3 is 11.7 Å². The Morgan fingerprint density at radius 3 is 2.85 bits per heavy atom. The van der Waals surface area contributed by atoms with Crippen LogP contribution in [0.15, 0.2) is 39.8 Å². The standard InChI is InChI=1S/C14H12N2O3S/c1-8(10-4-5-20-7-10)16-12-3-2-9(13(17)18)6-11(12)15-14(16)19/h2-8H,1H3,(H,15,19)(H,17,18). The van der Waals surface area contributed by atoms with Gasteiger partial charge in [0.2, 0.25) is 0 Å². The zero-order valence-corrected chi connectivity index (χ0v) is 11.5. The van der Waals surface area contributed by atoms with Crippen molar-refractivity contribution in [2.45, 2.75) is 13.0 Å². The molecular weight excluding hydrogens is 276 g/mol. The largest absolute Gasteiger partial charge is 0.478 e. The Morgan fingerprint density at radius 2 is 2.20 bits per heavy atom. The summed E-state index contributed by atoms with van der Waals surface area (Å²) >= 11 is 1.58. The summed E-state index contributed by atoms with van der Waals surface area (Å²) < 4.78 is 1.64. The van der Waals surface area contributed by atoms with Crippen molar-refractivity contribution in [3.05, 3.63) is 56.6 Å². The molecule has 0 aliphatic rings.